The number of carboxylic acid groups (broad SMARTS) is 1. The van der Waals surface area contributed by atoms with E-state index >= 15 is 0 Å². The SMILES string of the molecule is CC(C)CCOc1ccc(C(=O)O)cc1N/N=C(\C#N)C(=N)N. The first kappa shape index (κ1) is 18.0. The number of nitrogens with two attached hydrogens (primary N) is 1. The largest absolute Gasteiger partial charge is 0.491 e. The molecule has 1 aromatic carbocycles. The van der Waals surface area contributed by atoms with Crippen LogP contribution in [0.5, 0.6) is 5.75 Å². The number of hydrazone groups is 1. The lowest BCUT2D eigenvalue weighted by Gasteiger charge is -2.13. The Morgan fingerprint density at radius 1 is 1.57 bits per heavy atom. The van der Waals surface area contributed by atoms with Crippen molar-refractivity contribution in [3.63, 3.8) is 0 Å². The van der Waals surface area contributed by atoms with Crippen molar-refractivity contribution in [3.8, 4) is 11.8 Å². The summed E-state index contributed by atoms with van der Waals surface area (Å²) in [6, 6.07) is 5.94. The molecule has 0 fully saturated rings. The van der Waals surface area contributed by atoms with Crippen molar-refractivity contribution in [2.75, 3.05) is 12.0 Å². The van der Waals surface area contributed by atoms with Gasteiger partial charge in [0, 0.05) is 0 Å². The van der Waals surface area contributed by atoms with Crippen molar-refractivity contribution in [1.29, 1.82) is 10.7 Å². The number of carbonyl (C=O) groups is 1. The molecule has 0 saturated heterocycles. The normalized spacial score (nSPS) is 11.0. The smallest absolute Gasteiger partial charge is 0.335 e. The van der Waals surface area contributed by atoms with E-state index in [1.165, 1.54) is 18.2 Å². The van der Waals surface area contributed by atoms with Crippen molar-refractivity contribution in [2.45, 2.75) is 20.3 Å². The molecule has 0 aliphatic carbocycles. The second-order valence-corrected chi connectivity index (χ2v) is 5.14. The van der Waals surface area contributed by atoms with Crippen molar-refractivity contribution >= 4 is 23.2 Å². The molecule has 0 atom stereocenters. The summed E-state index contributed by atoms with van der Waals surface area (Å²) < 4.78 is 5.62. The van der Waals surface area contributed by atoms with Crippen LogP contribution in [0.25, 0.3) is 0 Å². The Morgan fingerprint density at radius 2 is 2.26 bits per heavy atom. The van der Waals surface area contributed by atoms with Crippen LogP contribution in [0.2, 0.25) is 0 Å². The van der Waals surface area contributed by atoms with E-state index in [-0.39, 0.29) is 17.0 Å². The summed E-state index contributed by atoms with van der Waals surface area (Å²) in [4.78, 5) is 11.1. The number of hydrogen-bond donors (Lipinski definition) is 4. The number of ether oxygens (including phenoxy) is 1. The van der Waals surface area contributed by atoms with Gasteiger partial charge in [-0.15, -0.1) is 0 Å². The fraction of sp³-hybridized carbons (Fsp3) is 0.333. The molecule has 8 nitrogen and oxygen atoms in total. The molecule has 0 saturated carbocycles. The third kappa shape index (κ3) is 5.67. The molecule has 8 heteroatoms. The van der Waals surface area contributed by atoms with Gasteiger partial charge < -0.3 is 15.6 Å². The van der Waals surface area contributed by atoms with Gasteiger partial charge in [-0.05, 0) is 30.5 Å². The van der Waals surface area contributed by atoms with Crippen molar-refractivity contribution in [2.24, 2.45) is 16.8 Å². The molecule has 1 rings (SSSR count). The topological polar surface area (TPSA) is 145 Å². The highest BCUT2D eigenvalue weighted by Gasteiger charge is 2.10. The summed E-state index contributed by atoms with van der Waals surface area (Å²) in [5.74, 6) is -0.722. The monoisotopic (exact) mass is 317 g/mol. The molecule has 122 valence electrons. The molecule has 5 N–H and O–H groups in total. The molecule has 0 spiro atoms. The first-order valence-electron chi connectivity index (χ1n) is 6.93. The first-order chi connectivity index (χ1) is 10.8. The van der Waals surface area contributed by atoms with E-state index < -0.39 is 11.8 Å². The zero-order valence-corrected chi connectivity index (χ0v) is 13.0. The Labute approximate surface area is 134 Å². The van der Waals surface area contributed by atoms with Crippen molar-refractivity contribution in [1.82, 2.24) is 0 Å². The highest BCUT2D eigenvalue weighted by Crippen LogP contribution is 2.26. The second-order valence-electron chi connectivity index (χ2n) is 5.14. The quantitative estimate of drug-likeness (QED) is 0.328. The zero-order chi connectivity index (χ0) is 17.4. The Hall–Kier alpha value is -3.08. The lowest BCUT2D eigenvalue weighted by atomic mass is 10.1. The van der Waals surface area contributed by atoms with E-state index in [0.717, 1.165) is 6.42 Å². The van der Waals surface area contributed by atoms with Crippen LogP contribution in [0.3, 0.4) is 0 Å². The number of benzene rings is 1. The van der Waals surface area contributed by atoms with Gasteiger partial charge in [-0.2, -0.15) is 10.4 Å². The molecule has 0 unspecified atom stereocenters. The predicted molar refractivity (Wildman–Crippen MR) is 86.9 cm³/mol. The molecule has 0 amide bonds. The van der Waals surface area contributed by atoms with Crippen LogP contribution in [-0.4, -0.2) is 29.2 Å². The third-order valence-electron chi connectivity index (χ3n) is 2.83. The number of nitrogens with zero attached hydrogens (tertiary/aromatic N) is 2. The van der Waals surface area contributed by atoms with Crippen LogP contribution in [-0.2, 0) is 0 Å². The molecule has 0 aromatic heterocycles. The molecule has 23 heavy (non-hydrogen) atoms. The van der Waals surface area contributed by atoms with E-state index in [4.69, 9.17) is 26.2 Å². The Bertz CT molecular complexity index is 662. The molecule has 1 aromatic rings. The first-order valence-corrected chi connectivity index (χ1v) is 6.93. The van der Waals surface area contributed by atoms with Gasteiger partial charge in [-0.1, -0.05) is 13.8 Å². The number of anilines is 1. The molecule has 0 aliphatic heterocycles. The maximum Gasteiger partial charge on any atom is 0.335 e. The maximum atomic E-state index is 11.1. The Balaban J connectivity index is 3.04. The van der Waals surface area contributed by atoms with Crippen LogP contribution < -0.4 is 15.9 Å². The number of carboxylic acids is 1. The molecule has 0 radical (unpaired) electrons. The van der Waals surface area contributed by atoms with Gasteiger partial charge >= 0.3 is 5.97 Å². The standard InChI is InChI=1S/C15H19N5O3/c1-9(2)5-6-23-13-4-3-10(15(21)22)7-11(13)19-20-12(8-16)14(17)18/h3-4,7,9,19H,5-6H2,1-2H3,(H3,17,18)(H,21,22)/b20-12+. The molecule has 0 aliphatic rings. The van der Waals surface area contributed by atoms with Gasteiger partial charge in [0.1, 0.15) is 11.8 Å². The molecule has 0 bridgehead atoms. The van der Waals surface area contributed by atoms with Crippen molar-refractivity contribution in [3.05, 3.63) is 23.8 Å². The fourth-order valence-electron chi connectivity index (χ4n) is 1.54. The molecular formula is C15H19N5O3. The van der Waals surface area contributed by atoms with Crippen LogP contribution in [0.1, 0.15) is 30.6 Å². The minimum atomic E-state index is -1.10. The maximum absolute atomic E-state index is 11.1. The fourth-order valence-corrected chi connectivity index (χ4v) is 1.54. The summed E-state index contributed by atoms with van der Waals surface area (Å²) in [5.41, 5.74) is 7.76. The Kier molecular flexibility index (Phi) is 6.55. The molecule has 0 heterocycles. The minimum Gasteiger partial charge on any atom is -0.491 e. The summed E-state index contributed by atoms with van der Waals surface area (Å²) in [6.45, 7) is 4.58. The number of nitrogens with one attached hydrogen (secondary N) is 2. The van der Waals surface area contributed by atoms with E-state index in [2.05, 4.69) is 24.4 Å². The summed E-state index contributed by atoms with van der Waals surface area (Å²) >= 11 is 0. The van der Waals surface area contributed by atoms with Gasteiger partial charge in [0.15, 0.2) is 5.84 Å². The highest BCUT2D eigenvalue weighted by atomic mass is 16.5. The van der Waals surface area contributed by atoms with Crippen LogP contribution in [0.4, 0.5) is 5.69 Å². The van der Waals surface area contributed by atoms with Gasteiger partial charge in [0.05, 0.1) is 17.9 Å². The van der Waals surface area contributed by atoms with Gasteiger partial charge in [-0.25, -0.2) is 4.79 Å². The average Bonchev–Trinajstić information content (AvgIpc) is 2.48. The number of aromatic carboxylic acids is 1. The number of hydrogen-bond acceptors (Lipinski definition) is 6. The Morgan fingerprint density at radius 3 is 2.78 bits per heavy atom. The van der Waals surface area contributed by atoms with Crippen LogP contribution >= 0.6 is 0 Å². The second kappa shape index (κ2) is 8.38. The lowest BCUT2D eigenvalue weighted by Crippen LogP contribution is -2.22. The summed E-state index contributed by atoms with van der Waals surface area (Å²) in [6.07, 6.45) is 0.834. The number of amidine groups is 1. The number of nitriles is 1. The predicted octanol–water partition coefficient (Wildman–Crippen LogP) is 2.04. The lowest BCUT2D eigenvalue weighted by molar-refractivity contribution is 0.0697. The molecular weight excluding hydrogens is 298 g/mol. The zero-order valence-electron chi connectivity index (χ0n) is 13.0. The van der Waals surface area contributed by atoms with Crippen LogP contribution in [0.15, 0.2) is 23.3 Å². The third-order valence-corrected chi connectivity index (χ3v) is 2.83. The minimum absolute atomic E-state index is 0.0419. The van der Waals surface area contributed by atoms with Gasteiger partial charge in [-0.3, -0.25) is 10.8 Å². The number of rotatable bonds is 8. The van der Waals surface area contributed by atoms with E-state index in [9.17, 15) is 4.79 Å². The summed E-state index contributed by atoms with van der Waals surface area (Å²) in [5, 5.41) is 28.8. The van der Waals surface area contributed by atoms with E-state index in [1.807, 2.05) is 0 Å². The average molecular weight is 317 g/mol. The van der Waals surface area contributed by atoms with E-state index in [0.29, 0.717) is 18.3 Å². The van der Waals surface area contributed by atoms with Crippen LogP contribution in [0, 0.1) is 22.7 Å². The van der Waals surface area contributed by atoms with Crippen molar-refractivity contribution < 1.29 is 14.6 Å². The summed E-state index contributed by atoms with van der Waals surface area (Å²) in [7, 11) is 0. The van der Waals surface area contributed by atoms with E-state index in [1.54, 1.807) is 6.07 Å². The van der Waals surface area contributed by atoms with Gasteiger partial charge in [0.25, 0.3) is 0 Å². The highest BCUT2D eigenvalue weighted by molar-refractivity contribution is 6.45. The van der Waals surface area contributed by atoms with Gasteiger partial charge in [0.2, 0.25) is 5.71 Å².